The largest absolute Gasteiger partial charge is 0.394 e. The standard InChI is InChI=1S/C23H24F2N6O3/c1-14(2)30(12-16(33)13-32)23-18(25)10-26-22(27-23)20-9-21(19-7-8-34-29-19)31(28-20)11-15-5-3-4-6-17(15)24/h3-10,14,16,32-33H,11-13H2,1-2H3. The summed E-state index contributed by atoms with van der Waals surface area (Å²) < 4.78 is 35.5. The number of aromatic nitrogens is 5. The first kappa shape index (κ1) is 23.5. The van der Waals surface area contributed by atoms with Gasteiger partial charge in [-0.05, 0) is 26.0 Å². The molecule has 11 heteroatoms. The van der Waals surface area contributed by atoms with Crippen LogP contribution in [0.15, 0.2) is 53.4 Å². The maximum Gasteiger partial charge on any atom is 0.183 e. The zero-order valence-electron chi connectivity index (χ0n) is 18.6. The number of aliphatic hydroxyl groups is 2. The van der Waals surface area contributed by atoms with Gasteiger partial charge in [0.2, 0.25) is 0 Å². The van der Waals surface area contributed by atoms with E-state index in [-0.39, 0.29) is 36.6 Å². The van der Waals surface area contributed by atoms with Gasteiger partial charge in [0.15, 0.2) is 17.5 Å². The van der Waals surface area contributed by atoms with Crippen LogP contribution in [0.1, 0.15) is 19.4 Å². The lowest BCUT2D eigenvalue weighted by molar-refractivity contribution is 0.0985. The first-order chi connectivity index (χ1) is 16.4. The fourth-order valence-corrected chi connectivity index (χ4v) is 3.49. The van der Waals surface area contributed by atoms with Crippen molar-refractivity contribution in [2.75, 3.05) is 18.1 Å². The highest BCUT2D eigenvalue weighted by molar-refractivity contribution is 5.63. The Morgan fingerprint density at radius 1 is 1.12 bits per heavy atom. The molecule has 0 aliphatic rings. The fraction of sp³-hybridized carbons (Fsp3) is 0.304. The van der Waals surface area contributed by atoms with E-state index >= 15 is 0 Å². The lowest BCUT2D eigenvalue weighted by atomic mass is 10.2. The first-order valence-corrected chi connectivity index (χ1v) is 10.7. The van der Waals surface area contributed by atoms with Gasteiger partial charge in [0.25, 0.3) is 0 Å². The van der Waals surface area contributed by atoms with Crippen molar-refractivity contribution in [1.29, 1.82) is 0 Å². The van der Waals surface area contributed by atoms with Gasteiger partial charge >= 0.3 is 0 Å². The number of aliphatic hydroxyl groups excluding tert-OH is 2. The molecule has 4 rings (SSSR count). The molecule has 0 aliphatic carbocycles. The van der Waals surface area contributed by atoms with E-state index in [0.29, 0.717) is 22.6 Å². The van der Waals surface area contributed by atoms with E-state index < -0.39 is 18.5 Å². The number of nitrogens with zero attached hydrogens (tertiary/aromatic N) is 6. The molecule has 1 atom stereocenters. The van der Waals surface area contributed by atoms with Gasteiger partial charge in [0, 0.05) is 24.2 Å². The Labute approximate surface area is 194 Å². The van der Waals surface area contributed by atoms with Crippen molar-refractivity contribution in [3.63, 3.8) is 0 Å². The van der Waals surface area contributed by atoms with Crippen LogP contribution in [0.2, 0.25) is 0 Å². The van der Waals surface area contributed by atoms with Crippen LogP contribution < -0.4 is 4.90 Å². The number of halogens is 2. The molecule has 0 amide bonds. The van der Waals surface area contributed by atoms with E-state index in [1.54, 1.807) is 35.0 Å². The highest BCUT2D eigenvalue weighted by Crippen LogP contribution is 2.27. The Balaban J connectivity index is 1.76. The molecule has 0 saturated heterocycles. The number of rotatable bonds is 9. The third-order valence-electron chi connectivity index (χ3n) is 5.23. The third kappa shape index (κ3) is 4.95. The molecule has 0 fully saturated rings. The molecule has 4 aromatic rings. The van der Waals surface area contributed by atoms with Crippen LogP contribution in [-0.4, -0.2) is 60.4 Å². The maximum atomic E-state index is 14.7. The summed E-state index contributed by atoms with van der Waals surface area (Å²) in [5.41, 5.74) is 1.76. The summed E-state index contributed by atoms with van der Waals surface area (Å²) in [6.07, 6.45) is 1.37. The van der Waals surface area contributed by atoms with Gasteiger partial charge in [0.05, 0.1) is 31.1 Å². The Hall–Kier alpha value is -3.70. The molecule has 9 nitrogen and oxygen atoms in total. The summed E-state index contributed by atoms with van der Waals surface area (Å²) in [6.45, 7) is 3.26. The van der Waals surface area contributed by atoms with Crippen LogP contribution in [0.4, 0.5) is 14.6 Å². The van der Waals surface area contributed by atoms with E-state index in [2.05, 4.69) is 20.2 Å². The van der Waals surface area contributed by atoms with Crippen LogP contribution in [0.25, 0.3) is 22.9 Å². The van der Waals surface area contributed by atoms with Crippen molar-refractivity contribution in [3.8, 4) is 22.9 Å². The van der Waals surface area contributed by atoms with Crippen LogP contribution in [0, 0.1) is 11.6 Å². The van der Waals surface area contributed by atoms with Gasteiger partial charge in [-0.1, -0.05) is 23.4 Å². The zero-order chi connectivity index (χ0) is 24.2. The van der Waals surface area contributed by atoms with Gasteiger partial charge < -0.3 is 19.6 Å². The minimum atomic E-state index is -1.07. The molecular weight excluding hydrogens is 446 g/mol. The van der Waals surface area contributed by atoms with Gasteiger partial charge in [-0.3, -0.25) is 4.68 Å². The van der Waals surface area contributed by atoms with E-state index in [1.165, 1.54) is 17.2 Å². The molecule has 2 N–H and O–H groups in total. The van der Waals surface area contributed by atoms with Crippen molar-refractivity contribution in [2.45, 2.75) is 32.5 Å². The van der Waals surface area contributed by atoms with Crippen molar-refractivity contribution in [1.82, 2.24) is 24.9 Å². The van der Waals surface area contributed by atoms with E-state index in [1.807, 2.05) is 13.8 Å². The number of benzene rings is 1. The van der Waals surface area contributed by atoms with Crippen LogP contribution in [0.3, 0.4) is 0 Å². The second-order valence-electron chi connectivity index (χ2n) is 8.00. The summed E-state index contributed by atoms with van der Waals surface area (Å²) >= 11 is 0. The molecule has 3 aromatic heterocycles. The lowest BCUT2D eigenvalue weighted by Gasteiger charge is -2.29. The molecule has 1 aromatic carbocycles. The van der Waals surface area contributed by atoms with E-state index in [9.17, 15) is 19.0 Å². The summed E-state index contributed by atoms with van der Waals surface area (Å²) in [4.78, 5) is 10.00. The minimum Gasteiger partial charge on any atom is -0.394 e. The molecule has 3 heterocycles. The normalized spacial score (nSPS) is 12.3. The van der Waals surface area contributed by atoms with Crippen LogP contribution >= 0.6 is 0 Å². The average molecular weight is 470 g/mol. The van der Waals surface area contributed by atoms with E-state index in [4.69, 9.17) is 4.52 Å². The van der Waals surface area contributed by atoms with Crippen molar-refractivity contribution in [3.05, 3.63) is 66.1 Å². The van der Waals surface area contributed by atoms with Crippen LogP contribution in [-0.2, 0) is 6.54 Å². The molecule has 0 radical (unpaired) electrons. The highest BCUT2D eigenvalue weighted by Gasteiger charge is 2.23. The molecule has 1 unspecified atom stereocenters. The highest BCUT2D eigenvalue weighted by atomic mass is 19.1. The Morgan fingerprint density at radius 2 is 1.91 bits per heavy atom. The molecule has 34 heavy (non-hydrogen) atoms. The van der Waals surface area contributed by atoms with Gasteiger partial charge in [0.1, 0.15) is 23.5 Å². The van der Waals surface area contributed by atoms with Crippen molar-refractivity contribution < 1.29 is 23.5 Å². The lowest BCUT2D eigenvalue weighted by Crippen LogP contribution is -2.40. The Morgan fingerprint density at radius 3 is 2.59 bits per heavy atom. The number of anilines is 1. The quantitative estimate of drug-likeness (QED) is 0.384. The fourth-order valence-electron chi connectivity index (χ4n) is 3.49. The van der Waals surface area contributed by atoms with Crippen LogP contribution in [0.5, 0.6) is 0 Å². The molecule has 0 saturated carbocycles. The topological polar surface area (TPSA) is 113 Å². The number of hydrogen-bond acceptors (Lipinski definition) is 8. The minimum absolute atomic E-state index is 0.0204. The second kappa shape index (κ2) is 10.1. The molecule has 0 aliphatic heterocycles. The predicted octanol–water partition coefficient (Wildman–Crippen LogP) is 2.89. The smallest absolute Gasteiger partial charge is 0.183 e. The summed E-state index contributed by atoms with van der Waals surface area (Å²) in [6, 6.07) is 9.45. The SMILES string of the molecule is CC(C)N(CC(O)CO)c1nc(-c2cc(-c3ccon3)n(Cc3ccccc3F)n2)ncc1F. The number of hydrogen-bond donors (Lipinski definition) is 2. The average Bonchev–Trinajstić information content (AvgIpc) is 3.49. The van der Waals surface area contributed by atoms with Crippen molar-refractivity contribution >= 4 is 5.82 Å². The Kier molecular flexibility index (Phi) is 6.94. The molecule has 0 bridgehead atoms. The Bertz CT molecular complexity index is 1250. The third-order valence-corrected chi connectivity index (χ3v) is 5.23. The second-order valence-corrected chi connectivity index (χ2v) is 8.00. The summed E-state index contributed by atoms with van der Waals surface area (Å²) in [5, 5.41) is 27.6. The molecule has 178 valence electrons. The van der Waals surface area contributed by atoms with Crippen molar-refractivity contribution in [2.24, 2.45) is 0 Å². The molecular formula is C23H24F2N6O3. The van der Waals surface area contributed by atoms with E-state index in [0.717, 1.165) is 6.20 Å². The summed E-state index contributed by atoms with van der Waals surface area (Å²) in [7, 11) is 0. The van der Waals surface area contributed by atoms with Gasteiger partial charge in [-0.25, -0.2) is 18.7 Å². The molecule has 0 spiro atoms. The van der Waals surface area contributed by atoms with Gasteiger partial charge in [-0.2, -0.15) is 5.10 Å². The zero-order valence-corrected chi connectivity index (χ0v) is 18.6. The van der Waals surface area contributed by atoms with Gasteiger partial charge in [-0.15, -0.1) is 0 Å². The monoisotopic (exact) mass is 470 g/mol. The summed E-state index contributed by atoms with van der Waals surface area (Å²) in [5.74, 6) is -0.942. The first-order valence-electron chi connectivity index (χ1n) is 10.7. The maximum absolute atomic E-state index is 14.7. The predicted molar refractivity (Wildman–Crippen MR) is 120 cm³/mol.